The summed E-state index contributed by atoms with van der Waals surface area (Å²) in [6, 6.07) is 6.60. The molecule has 0 unspecified atom stereocenters. The first-order chi connectivity index (χ1) is 18.5. The smallest absolute Gasteiger partial charge is 0.272 e. The molecule has 0 saturated carbocycles. The van der Waals surface area contributed by atoms with E-state index < -0.39 is 30.1 Å². The second kappa shape index (κ2) is 11.9. The number of hydrogen-bond donors (Lipinski definition) is 1. The third kappa shape index (κ3) is 6.42. The molecule has 2 N–H and O–H groups in total. The number of fused-ring (bicyclic) bond motifs is 2. The van der Waals surface area contributed by atoms with Crippen molar-refractivity contribution in [1.29, 1.82) is 0 Å². The third-order valence-electron chi connectivity index (χ3n) is 6.79. The van der Waals surface area contributed by atoms with Crippen molar-refractivity contribution in [1.82, 2.24) is 24.8 Å². The van der Waals surface area contributed by atoms with Crippen molar-refractivity contribution in [2.75, 3.05) is 13.1 Å². The Morgan fingerprint density at radius 3 is 2.54 bits per heavy atom. The highest BCUT2D eigenvalue weighted by atomic mass is 16.7. The lowest BCUT2D eigenvalue weighted by molar-refractivity contribution is -0.274. The molecule has 11 heteroatoms. The summed E-state index contributed by atoms with van der Waals surface area (Å²) in [5.41, 5.74) is 6.44. The second-order valence-corrected chi connectivity index (χ2v) is 10.9. The Balaban J connectivity index is 1.67. The van der Waals surface area contributed by atoms with Gasteiger partial charge in [-0.2, -0.15) is 5.06 Å². The minimum atomic E-state index is -0.902. The van der Waals surface area contributed by atoms with Crippen LogP contribution in [0.15, 0.2) is 36.5 Å². The zero-order valence-corrected chi connectivity index (χ0v) is 22.8. The van der Waals surface area contributed by atoms with Crippen LogP contribution in [0.1, 0.15) is 52.7 Å². The number of rotatable bonds is 9. The fourth-order valence-electron chi connectivity index (χ4n) is 4.99. The molecule has 2 aromatic rings. The van der Waals surface area contributed by atoms with Crippen molar-refractivity contribution in [3.05, 3.63) is 42.2 Å². The first-order valence-electron chi connectivity index (χ1n) is 13.3. The summed E-state index contributed by atoms with van der Waals surface area (Å²) in [4.78, 5) is 70.0. The van der Waals surface area contributed by atoms with E-state index in [9.17, 15) is 19.2 Å². The van der Waals surface area contributed by atoms with Crippen LogP contribution in [0.2, 0.25) is 0 Å². The van der Waals surface area contributed by atoms with Crippen molar-refractivity contribution in [3.63, 3.8) is 0 Å². The summed E-state index contributed by atoms with van der Waals surface area (Å²) < 4.78 is 0. The van der Waals surface area contributed by atoms with E-state index in [0.717, 1.165) is 5.39 Å². The number of primary amides is 1. The summed E-state index contributed by atoms with van der Waals surface area (Å²) in [6.45, 7) is 7.98. The molecule has 0 aliphatic carbocycles. The Morgan fingerprint density at radius 1 is 1.10 bits per heavy atom. The number of hydrogen-bond acceptors (Lipinski definition) is 7. The van der Waals surface area contributed by atoms with Gasteiger partial charge in [-0.15, -0.1) is 0 Å². The van der Waals surface area contributed by atoms with Crippen LogP contribution < -0.4 is 5.73 Å². The molecule has 0 aromatic carbocycles. The Bertz CT molecular complexity index is 1280. The fourth-order valence-corrected chi connectivity index (χ4v) is 4.99. The number of nitrogens with two attached hydrogens (primary N) is 1. The number of nitrogens with zero attached hydrogens (tertiary/aromatic N) is 5. The lowest BCUT2D eigenvalue weighted by atomic mass is 9.95. The largest absolute Gasteiger partial charge is 0.370 e. The zero-order chi connectivity index (χ0) is 28.3. The predicted molar refractivity (Wildman–Crippen MR) is 144 cm³/mol. The number of carbonyl (C=O) groups excluding carboxylic acids is 4. The summed E-state index contributed by atoms with van der Waals surface area (Å²) in [5.74, 6) is -1.36. The van der Waals surface area contributed by atoms with E-state index in [1.807, 2.05) is 45.9 Å². The maximum atomic E-state index is 13.7. The van der Waals surface area contributed by atoms with Crippen molar-refractivity contribution < 1.29 is 24.0 Å². The molecule has 2 aromatic heterocycles. The van der Waals surface area contributed by atoms with E-state index in [0.29, 0.717) is 24.2 Å². The van der Waals surface area contributed by atoms with Gasteiger partial charge in [0.15, 0.2) is 17.9 Å². The topological polar surface area (TPSA) is 139 Å². The number of hydroxylamine groups is 2. The van der Waals surface area contributed by atoms with Gasteiger partial charge in [0.05, 0.1) is 12.2 Å². The SMILES string of the molecule is CC(C)C[C@H]1ON(C(=O)/C=C/c2ccc3cccnc3n2)[C@H]2CN(CCC(N)=O)C(=O)[C@H](CC(C)C)N2C1=O. The van der Waals surface area contributed by atoms with E-state index in [1.165, 1.54) is 20.9 Å². The molecule has 4 amide bonds. The van der Waals surface area contributed by atoms with Gasteiger partial charge in [-0.25, -0.2) is 9.97 Å². The van der Waals surface area contributed by atoms with Crippen molar-refractivity contribution >= 4 is 40.7 Å². The number of aromatic nitrogens is 2. The number of amides is 4. The Morgan fingerprint density at radius 2 is 1.85 bits per heavy atom. The van der Waals surface area contributed by atoms with E-state index in [-0.39, 0.29) is 43.2 Å². The van der Waals surface area contributed by atoms with Gasteiger partial charge in [0.25, 0.3) is 11.8 Å². The normalized spacial score (nSPS) is 21.9. The van der Waals surface area contributed by atoms with Gasteiger partial charge >= 0.3 is 0 Å². The molecule has 2 fully saturated rings. The Kier molecular flexibility index (Phi) is 8.59. The summed E-state index contributed by atoms with van der Waals surface area (Å²) in [6.07, 6.45) is 3.60. The van der Waals surface area contributed by atoms with Crippen LogP contribution in [0, 0.1) is 11.8 Å². The lowest BCUT2D eigenvalue weighted by Crippen LogP contribution is -2.73. The maximum absolute atomic E-state index is 13.7. The second-order valence-electron chi connectivity index (χ2n) is 10.9. The van der Waals surface area contributed by atoms with Crippen molar-refractivity contribution in [2.24, 2.45) is 17.6 Å². The molecule has 4 rings (SSSR count). The van der Waals surface area contributed by atoms with Gasteiger partial charge in [-0.1, -0.05) is 27.7 Å². The number of carbonyl (C=O) groups is 4. The quantitative estimate of drug-likeness (QED) is 0.484. The molecule has 0 bridgehead atoms. The molecule has 2 aliphatic heterocycles. The molecule has 0 spiro atoms. The highest BCUT2D eigenvalue weighted by Crippen LogP contribution is 2.32. The molecule has 39 heavy (non-hydrogen) atoms. The Labute approximate surface area is 227 Å². The van der Waals surface area contributed by atoms with Gasteiger partial charge < -0.3 is 15.5 Å². The first-order valence-corrected chi connectivity index (χ1v) is 13.3. The molecule has 3 atom stereocenters. The van der Waals surface area contributed by atoms with Gasteiger partial charge in [-0.3, -0.25) is 24.0 Å². The number of pyridine rings is 2. The van der Waals surface area contributed by atoms with E-state index in [4.69, 9.17) is 10.6 Å². The number of piperazine rings is 1. The molecular weight excluding hydrogens is 500 g/mol. The van der Waals surface area contributed by atoms with Gasteiger partial charge in [0, 0.05) is 30.6 Å². The van der Waals surface area contributed by atoms with Gasteiger partial charge in [-0.05, 0) is 55.0 Å². The van der Waals surface area contributed by atoms with E-state index in [2.05, 4.69) is 9.97 Å². The molecule has 2 aliphatic rings. The van der Waals surface area contributed by atoms with Crippen LogP contribution in [-0.2, 0) is 24.0 Å². The average molecular weight is 537 g/mol. The van der Waals surface area contributed by atoms with E-state index >= 15 is 0 Å². The highest BCUT2D eigenvalue weighted by molar-refractivity contribution is 5.95. The zero-order valence-electron chi connectivity index (χ0n) is 22.8. The van der Waals surface area contributed by atoms with Gasteiger partial charge in [0.2, 0.25) is 11.8 Å². The third-order valence-corrected chi connectivity index (χ3v) is 6.79. The summed E-state index contributed by atoms with van der Waals surface area (Å²) in [5, 5.41) is 2.08. The van der Waals surface area contributed by atoms with E-state index in [1.54, 1.807) is 18.3 Å². The first kappa shape index (κ1) is 28.2. The minimum Gasteiger partial charge on any atom is -0.370 e. The lowest BCUT2D eigenvalue weighted by Gasteiger charge is -2.53. The molecule has 0 radical (unpaired) electrons. The van der Waals surface area contributed by atoms with Crippen LogP contribution >= 0.6 is 0 Å². The van der Waals surface area contributed by atoms with Crippen LogP contribution in [-0.4, -0.2) is 79.9 Å². The summed E-state index contributed by atoms with van der Waals surface area (Å²) in [7, 11) is 0. The summed E-state index contributed by atoms with van der Waals surface area (Å²) >= 11 is 0. The molecule has 11 nitrogen and oxygen atoms in total. The van der Waals surface area contributed by atoms with Crippen LogP contribution in [0.3, 0.4) is 0 Å². The standard InChI is InChI=1S/C28H36N6O5/c1-17(2)14-21-27(37)32(13-11-23(29)35)16-24-33(21)28(38)22(15-18(3)4)39-34(24)25(36)10-9-20-8-7-19-6-5-12-30-26(19)31-20/h5-10,12,17-18,21-22,24H,11,13-16H2,1-4H3,(H2,29,35)/b10-9+/t21-,22+,24-/m0/s1. The van der Waals surface area contributed by atoms with Crippen molar-refractivity contribution in [3.8, 4) is 0 Å². The van der Waals surface area contributed by atoms with Crippen LogP contribution in [0.25, 0.3) is 17.1 Å². The fraction of sp³-hybridized carbons (Fsp3) is 0.500. The van der Waals surface area contributed by atoms with Crippen LogP contribution in [0.4, 0.5) is 0 Å². The Hall–Kier alpha value is -3.86. The average Bonchev–Trinajstić information content (AvgIpc) is 2.88. The molecule has 208 valence electrons. The molecule has 4 heterocycles. The van der Waals surface area contributed by atoms with Crippen molar-refractivity contribution in [2.45, 2.75) is 65.3 Å². The maximum Gasteiger partial charge on any atom is 0.272 e. The highest BCUT2D eigenvalue weighted by Gasteiger charge is 2.52. The van der Waals surface area contributed by atoms with Gasteiger partial charge in [0.1, 0.15) is 6.04 Å². The van der Waals surface area contributed by atoms with Crippen LogP contribution in [0.5, 0.6) is 0 Å². The molecule has 2 saturated heterocycles. The predicted octanol–water partition coefficient (Wildman–Crippen LogP) is 2.12. The minimum absolute atomic E-state index is 0.0125. The molecular formula is C28H36N6O5. The monoisotopic (exact) mass is 536 g/mol.